The quantitative estimate of drug-likeness (QED) is 0.129. The van der Waals surface area contributed by atoms with Crippen molar-refractivity contribution in [1.82, 2.24) is 9.97 Å². The lowest BCUT2D eigenvalue weighted by atomic mass is 9.91. The second-order valence-electron chi connectivity index (χ2n) is 13.8. The summed E-state index contributed by atoms with van der Waals surface area (Å²) in [5.41, 5.74) is 12.0. The molecule has 9 aromatic carbocycles. The predicted octanol–water partition coefficient (Wildman–Crippen LogP) is 13.9. The first-order valence-corrected chi connectivity index (χ1v) is 18.4. The zero-order chi connectivity index (χ0) is 35.8. The third kappa shape index (κ3) is 5.81. The number of hydrogen-bond donors (Lipinski definition) is 0. The van der Waals surface area contributed by atoms with E-state index in [4.69, 9.17) is 9.97 Å². The Kier molecular flexibility index (Phi) is 7.85. The lowest BCUT2D eigenvalue weighted by Gasteiger charge is -2.16. The van der Waals surface area contributed by atoms with Crippen LogP contribution < -0.4 is 0 Å². The third-order valence-electron chi connectivity index (χ3n) is 10.5. The standard InChI is InChI=1S/C52H34N2/c1-3-12-35(13-4-1)37-22-24-39(25-23-37)42-18-11-19-44(32-42)49-34-50(54-52(53-49)41-28-26-38(27-29-41)36-14-5-2-6-15-36)51-46-21-10-8-17-43(46)33-48-45-20-9-7-16-40(45)30-31-47(48)51/h1-34H. The van der Waals surface area contributed by atoms with Crippen molar-refractivity contribution in [3.05, 3.63) is 206 Å². The van der Waals surface area contributed by atoms with Gasteiger partial charge in [0, 0.05) is 16.7 Å². The Bertz CT molecular complexity index is 2950. The molecular weight excluding hydrogens is 653 g/mol. The van der Waals surface area contributed by atoms with Crippen LogP contribution in [0, 0.1) is 0 Å². The fourth-order valence-electron chi connectivity index (χ4n) is 7.73. The van der Waals surface area contributed by atoms with Gasteiger partial charge in [0.05, 0.1) is 11.4 Å². The summed E-state index contributed by atoms with van der Waals surface area (Å²) in [6.07, 6.45) is 0. The van der Waals surface area contributed by atoms with Crippen molar-refractivity contribution >= 4 is 32.3 Å². The molecule has 1 heterocycles. The zero-order valence-corrected chi connectivity index (χ0v) is 29.5. The zero-order valence-electron chi connectivity index (χ0n) is 29.5. The second-order valence-corrected chi connectivity index (χ2v) is 13.8. The Morgan fingerprint density at radius 1 is 0.241 bits per heavy atom. The van der Waals surface area contributed by atoms with Gasteiger partial charge in [-0.15, -0.1) is 0 Å². The molecule has 2 nitrogen and oxygen atoms in total. The number of benzene rings is 9. The Morgan fingerprint density at radius 3 is 1.43 bits per heavy atom. The maximum absolute atomic E-state index is 5.39. The van der Waals surface area contributed by atoms with Gasteiger partial charge < -0.3 is 0 Å². The van der Waals surface area contributed by atoms with E-state index in [2.05, 4.69) is 200 Å². The Balaban J connectivity index is 1.16. The Labute approximate surface area is 314 Å². The van der Waals surface area contributed by atoms with Crippen LogP contribution >= 0.6 is 0 Å². The van der Waals surface area contributed by atoms with Crippen molar-refractivity contribution in [2.24, 2.45) is 0 Å². The lowest BCUT2D eigenvalue weighted by Crippen LogP contribution is -1.97. The number of aromatic nitrogens is 2. The summed E-state index contributed by atoms with van der Waals surface area (Å²) in [7, 11) is 0. The van der Waals surface area contributed by atoms with Crippen molar-refractivity contribution in [3.8, 4) is 67.3 Å². The molecule has 0 spiro atoms. The van der Waals surface area contributed by atoms with Crippen LogP contribution in [0.1, 0.15) is 0 Å². The number of nitrogens with zero attached hydrogens (tertiary/aromatic N) is 2. The average molecular weight is 687 g/mol. The molecule has 0 fully saturated rings. The smallest absolute Gasteiger partial charge is 0.160 e. The van der Waals surface area contributed by atoms with Crippen LogP contribution in [-0.2, 0) is 0 Å². The van der Waals surface area contributed by atoms with E-state index in [-0.39, 0.29) is 0 Å². The fraction of sp³-hybridized carbons (Fsp3) is 0. The van der Waals surface area contributed by atoms with Gasteiger partial charge in [-0.3, -0.25) is 0 Å². The molecule has 10 rings (SSSR count). The topological polar surface area (TPSA) is 25.8 Å². The predicted molar refractivity (Wildman–Crippen MR) is 227 cm³/mol. The van der Waals surface area contributed by atoms with Crippen molar-refractivity contribution in [1.29, 1.82) is 0 Å². The highest BCUT2D eigenvalue weighted by molar-refractivity contribution is 6.19. The van der Waals surface area contributed by atoms with E-state index < -0.39 is 0 Å². The van der Waals surface area contributed by atoms with E-state index >= 15 is 0 Å². The number of hydrogen-bond acceptors (Lipinski definition) is 2. The van der Waals surface area contributed by atoms with E-state index in [1.165, 1.54) is 49.0 Å². The minimum Gasteiger partial charge on any atom is -0.228 e. The van der Waals surface area contributed by atoms with Crippen LogP contribution in [-0.4, -0.2) is 9.97 Å². The second kappa shape index (κ2) is 13.4. The molecule has 10 aromatic rings. The molecule has 0 aliphatic heterocycles. The molecule has 0 saturated heterocycles. The molecule has 0 N–H and O–H groups in total. The van der Waals surface area contributed by atoms with Crippen molar-refractivity contribution in [3.63, 3.8) is 0 Å². The van der Waals surface area contributed by atoms with Gasteiger partial charge in [-0.2, -0.15) is 0 Å². The summed E-state index contributed by atoms with van der Waals surface area (Å²) in [6.45, 7) is 0. The van der Waals surface area contributed by atoms with E-state index in [9.17, 15) is 0 Å². The van der Waals surface area contributed by atoms with Crippen LogP contribution in [0.5, 0.6) is 0 Å². The van der Waals surface area contributed by atoms with E-state index in [0.717, 1.165) is 44.8 Å². The summed E-state index contributed by atoms with van der Waals surface area (Å²) in [4.78, 5) is 10.7. The van der Waals surface area contributed by atoms with Gasteiger partial charge >= 0.3 is 0 Å². The molecule has 54 heavy (non-hydrogen) atoms. The molecule has 0 bridgehead atoms. The largest absolute Gasteiger partial charge is 0.228 e. The average Bonchev–Trinajstić information content (AvgIpc) is 3.26. The molecule has 0 atom stereocenters. The molecule has 0 amide bonds. The van der Waals surface area contributed by atoms with Gasteiger partial charge in [-0.25, -0.2) is 9.97 Å². The van der Waals surface area contributed by atoms with Crippen LogP contribution in [0.3, 0.4) is 0 Å². The highest BCUT2D eigenvalue weighted by atomic mass is 14.9. The first kappa shape index (κ1) is 31.6. The molecule has 252 valence electrons. The molecule has 0 aliphatic carbocycles. The highest BCUT2D eigenvalue weighted by Gasteiger charge is 2.17. The number of rotatable bonds is 6. The summed E-state index contributed by atoms with van der Waals surface area (Å²) < 4.78 is 0. The monoisotopic (exact) mass is 686 g/mol. The van der Waals surface area contributed by atoms with Gasteiger partial charge in [-0.1, -0.05) is 188 Å². The normalized spacial score (nSPS) is 11.3. The van der Waals surface area contributed by atoms with Gasteiger partial charge in [0.2, 0.25) is 0 Å². The fourth-order valence-corrected chi connectivity index (χ4v) is 7.73. The summed E-state index contributed by atoms with van der Waals surface area (Å²) in [5.74, 6) is 0.696. The molecule has 0 unspecified atom stereocenters. The maximum atomic E-state index is 5.39. The summed E-state index contributed by atoms with van der Waals surface area (Å²) in [5, 5.41) is 7.21. The molecule has 0 saturated carbocycles. The van der Waals surface area contributed by atoms with Crippen LogP contribution in [0.2, 0.25) is 0 Å². The lowest BCUT2D eigenvalue weighted by molar-refractivity contribution is 1.19. The molecule has 2 heteroatoms. The van der Waals surface area contributed by atoms with Gasteiger partial charge in [0.25, 0.3) is 0 Å². The first-order chi connectivity index (χ1) is 26.7. The molecule has 1 aromatic heterocycles. The van der Waals surface area contributed by atoms with Crippen molar-refractivity contribution < 1.29 is 0 Å². The minimum absolute atomic E-state index is 0.696. The maximum Gasteiger partial charge on any atom is 0.160 e. The molecular formula is C52H34N2. The Morgan fingerprint density at radius 2 is 0.741 bits per heavy atom. The van der Waals surface area contributed by atoms with Crippen LogP contribution in [0.4, 0.5) is 0 Å². The van der Waals surface area contributed by atoms with Gasteiger partial charge in [-0.05, 0) is 83.9 Å². The molecule has 0 radical (unpaired) electrons. The minimum atomic E-state index is 0.696. The first-order valence-electron chi connectivity index (χ1n) is 18.4. The summed E-state index contributed by atoms with van der Waals surface area (Å²) in [6, 6.07) is 73.4. The van der Waals surface area contributed by atoms with E-state index in [1.54, 1.807) is 0 Å². The van der Waals surface area contributed by atoms with Crippen molar-refractivity contribution in [2.75, 3.05) is 0 Å². The van der Waals surface area contributed by atoms with E-state index in [0.29, 0.717) is 5.82 Å². The van der Waals surface area contributed by atoms with Gasteiger partial charge in [0.15, 0.2) is 5.82 Å². The SMILES string of the molecule is c1ccc(-c2ccc(-c3cccc(-c4cc(-c5c6ccccc6cc6c5ccc5ccccc56)nc(-c5ccc(-c6ccccc6)cc5)n4)c3)cc2)cc1. The third-order valence-corrected chi connectivity index (χ3v) is 10.5. The van der Waals surface area contributed by atoms with Crippen LogP contribution in [0.25, 0.3) is 99.6 Å². The Hall–Kier alpha value is -7.16. The number of fused-ring (bicyclic) bond motifs is 4. The van der Waals surface area contributed by atoms with Gasteiger partial charge in [0.1, 0.15) is 0 Å². The van der Waals surface area contributed by atoms with Crippen molar-refractivity contribution in [2.45, 2.75) is 0 Å². The highest BCUT2D eigenvalue weighted by Crippen LogP contribution is 2.40. The summed E-state index contributed by atoms with van der Waals surface area (Å²) >= 11 is 0. The molecule has 0 aliphatic rings. The van der Waals surface area contributed by atoms with E-state index in [1.807, 2.05) is 6.07 Å². The van der Waals surface area contributed by atoms with Crippen LogP contribution in [0.15, 0.2) is 206 Å².